The molecule has 1 aromatic heterocycles. The molecule has 1 atom stereocenters. The van der Waals surface area contributed by atoms with E-state index in [-0.39, 0.29) is 11.9 Å². The van der Waals surface area contributed by atoms with Gasteiger partial charge in [0.05, 0.1) is 6.04 Å². The molecular weight excluding hydrogens is 274 g/mol. The van der Waals surface area contributed by atoms with Crippen LogP contribution >= 0.6 is 0 Å². The van der Waals surface area contributed by atoms with Crippen LogP contribution in [0.15, 0.2) is 42.7 Å². The van der Waals surface area contributed by atoms with Crippen molar-refractivity contribution in [3.8, 4) is 0 Å². The number of aromatic nitrogens is 1. The number of hydrogen-bond donors (Lipinski definition) is 1. The van der Waals surface area contributed by atoms with E-state index >= 15 is 0 Å². The summed E-state index contributed by atoms with van der Waals surface area (Å²) in [5, 5.41) is 3.33. The number of pyridine rings is 1. The quantitative estimate of drug-likeness (QED) is 0.926. The molecule has 3 heterocycles. The highest BCUT2D eigenvalue weighted by molar-refractivity contribution is 5.95. The zero-order valence-electron chi connectivity index (χ0n) is 12.5. The Balaban J connectivity index is 1.62. The summed E-state index contributed by atoms with van der Waals surface area (Å²) in [5.41, 5.74) is 4.56. The summed E-state index contributed by atoms with van der Waals surface area (Å²) < 4.78 is 0. The molecule has 0 radical (unpaired) electrons. The van der Waals surface area contributed by atoms with Crippen LogP contribution in [0.3, 0.4) is 0 Å². The van der Waals surface area contributed by atoms with Crippen LogP contribution in [0.1, 0.15) is 45.9 Å². The van der Waals surface area contributed by atoms with Gasteiger partial charge in [0.25, 0.3) is 5.91 Å². The van der Waals surface area contributed by atoms with Crippen molar-refractivity contribution >= 4 is 5.91 Å². The van der Waals surface area contributed by atoms with Crippen LogP contribution in [0.25, 0.3) is 0 Å². The van der Waals surface area contributed by atoms with Gasteiger partial charge in [-0.2, -0.15) is 0 Å². The zero-order valence-corrected chi connectivity index (χ0v) is 12.5. The number of nitrogens with one attached hydrogen (secondary N) is 1. The number of likely N-dealkylation sites (tertiary alicyclic amines) is 1. The number of hydrogen-bond acceptors (Lipinski definition) is 3. The molecular formula is C18H19N3O. The molecule has 112 valence electrons. The minimum atomic E-state index is 0.147. The lowest BCUT2D eigenvalue weighted by molar-refractivity contribution is 0.0735. The number of amides is 1. The molecule has 4 heteroatoms. The normalized spacial score (nSPS) is 20.2. The summed E-state index contributed by atoms with van der Waals surface area (Å²) in [6.45, 7) is 2.61. The maximum Gasteiger partial charge on any atom is 0.254 e. The number of fused-ring (bicyclic) bond motifs is 1. The van der Waals surface area contributed by atoms with E-state index in [1.165, 1.54) is 16.7 Å². The van der Waals surface area contributed by atoms with Gasteiger partial charge < -0.3 is 10.2 Å². The second kappa shape index (κ2) is 5.54. The highest BCUT2D eigenvalue weighted by Crippen LogP contribution is 2.33. The number of benzene rings is 1. The molecule has 2 aliphatic rings. The Morgan fingerprint density at radius 3 is 2.82 bits per heavy atom. The van der Waals surface area contributed by atoms with Gasteiger partial charge in [0.1, 0.15) is 0 Å². The smallest absolute Gasteiger partial charge is 0.254 e. The minimum absolute atomic E-state index is 0.147. The Bertz CT molecular complexity index is 699. The Hall–Kier alpha value is -2.20. The van der Waals surface area contributed by atoms with Crippen LogP contribution in [-0.2, 0) is 13.1 Å². The van der Waals surface area contributed by atoms with Crippen molar-refractivity contribution in [3.05, 3.63) is 65.0 Å². The fraction of sp³-hybridized carbons (Fsp3) is 0.333. The van der Waals surface area contributed by atoms with Gasteiger partial charge in [0.2, 0.25) is 0 Å². The van der Waals surface area contributed by atoms with Crippen LogP contribution in [0.4, 0.5) is 0 Å². The molecule has 1 fully saturated rings. The van der Waals surface area contributed by atoms with Crippen molar-refractivity contribution < 1.29 is 4.79 Å². The molecule has 1 saturated heterocycles. The molecule has 0 saturated carbocycles. The fourth-order valence-corrected chi connectivity index (χ4v) is 3.54. The molecule has 4 nitrogen and oxygen atoms in total. The Morgan fingerprint density at radius 1 is 1.14 bits per heavy atom. The Labute approximate surface area is 130 Å². The van der Waals surface area contributed by atoms with Gasteiger partial charge in [0, 0.05) is 37.6 Å². The maximum absolute atomic E-state index is 12.9. The number of nitrogens with zero attached hydrogens (tertiary/aromatic N) is 2. The van der Waals surface area contributed by atoms with Gasteiger partial charge in [-0.3, -0.25) is 9.78 Å². The largest absolute Gasteiger partial charge is 0.332 e. The van der Waals surface area contributed by atoms with Crippen molar-refractivity contribution in [3.63, 3.8) is 0 Å². The predicted molar refractivity (Wildman–Crippen MR) is 84.2 cm³/mol. The summed E-state index contributed by atoms with van der Waals surface area (Å²) in [7, 11) is 0. The van der Waals surface area contributed by atoms with Crippen molar-refractivity contribution in [2.24, 2.45) is 0 Å². The number of carbonyl (C=O) groups is 1. The molecule has 0 bridgehead atoms. The molecule has 0 spiro atoms. The first-order valence-corrected chi connectivity index (χ1v) is 7.86. The van der Waals surface area contributed by atoms with Crippen LogP contribution in [0, 0.1) is 0 Å². The number of carbonyl (C=O) groups excluding carboxylic acids is 1. The van der Waals surface area contributed by atoms with E-state index in [1.54, 1.807) is 12.4 Å². The zero-order chi connectivity index (χ0) is 14.9. The molecule has 1 N–H and O–H groups in total. The van der Waals surface area contributed by atoms with Gasteiger partial charge in [-0.1, -0.05) is 6.07 Å². The summed E-state index contributed by atoms with van der Waals surface area (Å²) in [5.74, 6) is 0.147. The molecule has 0 aliphatic carbocycles. The third-order valence-electron chi connectivity index (χ3n) is 4.69. The highest BCUT2D eigenvalue weighted by Gasteiger charge is 2.30. The van der Waals surface area contributed by atoms with E-state index in [4.69, 9.17) is 0 Å². The highest BCUT2D eigenvalue weighted by atomic mass is 16.2. The van der Waals surface area contributed by atoms with E-state index in [1.807, 2.05) is 23.1 Å². The maximum atomic E-state index is 12.9. The first-order chi connectivity index (χ1) is 10.8. The van der Waals surface area contributed by atoms with E-state index in [2.05, 4.69) is 22.4 Å². The van der Waals surface area contributed by atoms with Gasteiger partial charge in [-0.05, 0) is 53.8 Å². The van der Waals surface area contributed by atoms with E-state index in [9.17, 15) is 4.79 Å². The lowest BCUT2D eigenvalue weighted by Crippen LogP contribution is -2.30. The second-order valence-electron chi connectivity index (χ2n) is 6.02. The minimum Gasteiger partial charge on any atom is -0.332 e. The summed E-state index contributed by atoms with van der Waals surface area (Å²) in [4.78, 5) is 19.0. The first-order valence-electron chi connectivity index (χ1n) is 7.86. The molecule has 1 aromatic carbocycles. The Kier molecular flexibility index (Phi) is 3.39. The van der Waals surface area contributed by atoms with Crippen molar-refractivity contribution in [2.75, 3.05) is 6.54 Å². The third-order valence-corrected chi connectivity index (χ3v) is 4.69. The molecule has 2 aliphatic heterocycles. The fourth-order valence-electron chi connectivity index (χ4n) is 3.54. The van der Waals surface area contributed by atoms with E-state index < -0.39 is 0 Å². The van der Waals surface area contributed by atoms with Gasteiger partial charge in [0.15, 0.2) is 0 Å². The van der Waals surface area contributed by atoms with Crippen LogP contribution < -0.4 is 5.32 Å². The summed E-state index contributed by atoms with van der Waals surface area (Å²) >= 11 is 0. The SMILES string of the molecule is O=C(c1ccc2c(c1)CNC2)N1CCCC1c1ccncc1. The third kappa shape index (κ3) is 2.29. The van der Waals surface area contributed by atoms with Crippen molar-refractivity contribution in [1.82, 2.24) is 15.2 Å². The average molecular weight is 293 g/mol. The standard InChI is InChI=1S/C18H19N3O/c22-18(14-3-4-15-11-20-12-16(15)10-14)21-9-1-2-17(21)13-5-7-19-8-6-13/h3-8,10,17,20H,1-2,9,11-12H2. The molecule has 1 amide bonds. The number of rotatable bonds is 2. The summed E-state index contributed by atoms with van der Waals surface area (Å²) in [6.07, 6.45) is 5.70. The van der Waals surface area contributed by atoms with Crippen molar-refractivity contribution in [1.29, 1.82) is 0 Å². The monoisotopic (exact) mass is 293 g/mol. The Morgan fingerprint density at radius 2 is 1.95 bits per heavy atom. The first kappa shape index (κ1) is 13.5. The van der Waals surface area contributed by atoms with E-state index in [0.29, 0.717) is 0 Å². The second-order valence-corrected chi connectivity index (χ2v) is 6.02. The van der Waals surface area contributed by atoms with E-state index in [0.717, 1.165) is 38.0 Å². The van der Waals surface area contributed by atoms with Crippen LogP contribution in [-0.4, -0.2) is 22.3 Å². The topological polar surface area (TPSA) is 45.2 Å². The summed E-state index contributed by atoms with van der Waals surface area (Å²) in [6, 6.07) is 10.3. The lowest BCUT2D eigenvalue weighted by atomic mass is 10.0. The van der Waals surface area contributed by atoms with Gasteiger partial charge in [-0.15, -0.1) is 0 Å². The molecule has 1 unspecified atom stereocenters. The predicted octanol–water partition coefficient (Wildman–Crippen LogP) is 2.66. The van der Waals surface area contributed by atoms with Crippen LogP contribution in [0.5, 0.6) is 0 Å². The molecule has 4 rings (SSSR count). The van der Waals surface area contributed by atoms with Crippen LogP contribution in [0.2, 0.25) is 0 Å². The van der Waals surface area contributed by atoms with Gasteiger partial charge in [-0.25, -0.2) is 0 Å². The average Bonchev–Trinajstić information content (AvgIpc) is 3.23. The molecule has 22 heavy (non-hydrogen) atoms. The molecule has 2 aromatic rings. The van der Waals surface area contributed by atoms with Crippen molar-refractivity contribution in [2.45, 2.75) is 32.0 Å². The lowest BCUT2D eigenvalue weighted by Gasteiger charge is -2.25. The van der Waals surface area contributed by atoms with Gasteiger partial charge >= 0.3 is 0 Å².